The van der Waals surface area contributed by atoms with E-state index in [-0.39, 0.29) is 0 Å². The van der Waals surface area contributed by atoms with Crippen molar-refractivity contribution in [3.8, 4) is 0 Å². The molecule has 1 atom stereocenters. The summed E-state index contributed by atoms with van der Waals surface area (Å²) in [7, 11) is 2.20. The van der Waals surface area contributed by atoms with Crippen LogP contribution in [0.2, 0.25) is 0 Å². The van der Waals surface area contributed by atoms with E-state index in [9.17, 15) is 0 Å². The normalized spacial score (nSPS) is 19.9. The first-order valence-electron chi connectivity index (χ1n) is 7.55. The first kappa shape index (κ1) is 13.6. The smallest absolute Gasteiger partial charge is 0.139 e. The third kappa shape index (κ3) is 3.02. The molecule has 0 spiro atoms. The zero-order chi connectivity index (χ0) is 13.9. The van der Waals surface area contributed by atoms with Crippen molar-refractivity contribution in [2.45, 2.75) is 26.3 Å². The predicted molar refractivity (Wildman–Crippen MR) is 81.9 cm³/mol. The molecule has 1 aliphatic rings. The zero-order valence-corrected chi connectivity index (χ0v) is 12.5. The average Bonchev–Trinajstić information content (AvgIpc) is 2.83. The van der Waals surface area contributed by atoms with Crippen molar-refractivity contribution in [1.82, 2.24) is 19.6 Å². The predicted octanol–water partition coefficient (Wildman–Crippen LogP) is 2.07. The fraction of sp³-hybridized carbons (Fsp3) is 0.562. The molecule has 0 radical (unpaired) electrons. The highest BCUT2D eigenvalue weighted by atomic mass is 15.1. The SMILES string of the molecule is Cc1cccn2cc(CN(C)CC3CCCNC3)nc12. The number of pyridine rings is 1. The fourth-order valence-corrected chi connectivity index (χ4v) is 3.14. The number of imidazole rings is 1. The molecule has 4 heteroatoms. The lowest BCUT2D eigenvalue weighted by Gasteiger charge is -2.27. The van der Waals surface area contributed by atoms with Crippen molar-refractivity contribution in [3.63, 3.8) is 0 Å². The minimum absolute atomic E-state index is 0.785. The maximum atomic E-state index is 4.75. The highest BCUT2D eigenvalue weighted by Gasteiger charge is 2.15. The monoisotopic (exact) mass is 272 g/mol. The van der Waals surface area contributed by atoms with Crippen molar-refractivity contribution >= 4 is 5.65 Å². The Balaban J connectivity index is 1.64. The minimum Gasteiger partial charge on any atom is -0.316 e. The number of nitrogens with one attached hydrogen (secondary N) is 1. The Morgan fingerprint density at radius 1 is 1.50 bits per heavy atom. The number of rotatable bonds is 4. The molecule has 1 fully saturated rings. The molecule has 0 saturated carbocycles. The number of piperidine rings is 1. The molecule has 20 heavy (non-hydrogen) atoms. The summed E-state index contributed by atoms with van der Waals surface area (Å²) >= 11 is 0. The molecule has 4 nitrogen and oxygen atoms in total. The summed E-state index contributed by atoms with van der Waals surface area (Å²) in [6.07, 6.45) is 6.88. The maximum Gasteiger partial charge on any atom is 0.139 e. The van der Waals surface area contributed by atoms with Crippen LogP contribution >= 0.6 is 0 Å². The fourth-order valence-electron chi connectivity index (χ4n) is 3.14. The number of aromatic nitrogens is 2. The Bertz CT molecular complexity index is 569. The molecule has 1 saturated heterocycles. The van der Waals surface area contributed by atoms with Crippen LogP contribution in [0.25, 0.3) is 5.65 Å². The van der Waals surface area contributed by atoms with Gasteiger partial charge >= 0.3 is 0 Å². The van der Waals surface area contributed by atoms with Gasteiger partial charge in [0.25, 0.3) is 0 Å². The van der Waals surface area contributed by atoms with Crippen molar-refractivity contribution < 1.29 is 0 Å². The average molecular weight is 272 g/mol. The van der Waals surface area contributed by atoms with E-state index in [1.54, 1.807) is 0 Å². The lowest BCUT2D eigenvalue weighted by molar-refractivity contribution is 0.236. The van der Waals surface area contributed by atoms with Crippen LogP contribution in [0.4, 0.5) is 0 Å². The van der Waals surface area contributed by atoms with Crippen LogP contribution in [-0.2, 0) is 6.54 Å². The summed E-state index contributed by atoms with van der Waals surface area (Å²) in [4.78, 5) is 7.15. The molecule has 1 N–H and O–H groups in total. The summed E-state index contributed by atoms with van der Waals surface area (Å²) in [6.45, 7) is 6.54. The number of fused-ring (bicyclic) bond motifs is 1. The Morgan fingerprint density at radius 2 is 2.40 bits per heavy atom. The van der Waals surface area contributed by atoms with E-state index in [1.807, 2.05) is 0 Å². The molecular formula is C16H24N4. The van der Waals surface area contributed by atoms with Gasteiger partial charge in [-0.25, -0.2) is 4.98 Å². The topological polar surface area (TPSA) is 32.6 Å². The molecule has 3 heterocycles. The molecule has 0 bridgehead atoms. The van der Waals surface area contributed by atoms with Crippen molar-refractivity contribution in [1.29, 1.82) is 0 Å². The summed E-state index contributed by atoms with van der Waals surface area (Å²) < 4.78 is 2.13. The van der Waals surface area contributed by atoms with Crippen molar-refractivity contribution in [2.75, 3.05) is 26.7 Å². The van der Waals surface area contributed by atoms with E-state index >= 15 is 0 Å². The van der Waals surface area contributed by atoms with Crippen LogP contribution in [0.5, 0.6) is 0 Å². The number of hydrogen-bond acceptors (Lipinski definition) is 3. The van der Waals surface area contributed by atoms with Crippen LogP contribution < -0.4 is 5.32 Å². The number of nitrogens with zero attached hydrogens (tertiary/aromatic N) is 3. The van der Waals surface area contributed by atoms with E-state index in [4.69, 9.17) is 4.98 Å². The molecule has 1 aliphatic heterocycles. The van der Waals surface area contributed by atoms with E-state index in [0.29, 0.717) is 0 Å². The third-order valence-corrected chi connectivity index (χ3v) is 4.13. The lowest BCUT2D eigenvalue weighted by Crippen LogP contribution is -2.36. The second-order valence-corrected chi connectivity index (χ2v) is 6.06. The quantitative estimate of drug-likeness (QED) is 0.925. The highest BCUT2D eigenvalue weighted by Crippen LogP contribution is 2.14. The number of aryl methyl sites for hydroxylation is 1. The molecule has 1 unspecified atom stereocenters. The van der Waals surface area contributed by atoms with Gasteiger partial charge < -0.3 is 14.6 Å². The molecule has 2 aromatic rings. The molecular weight excluding hydrogens is 248 g/mol. The zero-order valence-electron chi connectivity index (χ0n) is 12.5. The molecule has 0 aromatic carbocycles. The summed E-state index contributed by atoms with van der Waals surface area (Å²) in [5.41, 5.74) is 3.47. The molecule has 2 aromatic heterocycles. The van der Waals surface area contributed by atoms with Crippen molar-refractivity contribution in [3.05, 3.63) is 35.8 Å². The Hall–Kier alpha value is -1.39. The Morgan fingerprint density at radius 3 is 3.15 bits per heavy atom. The maximum absolute atomic E-state index is 4.75. The van der Waals surface area contributed by atoms with Crippen LogP contribution in [0.15, 0.2) is 24.5 Å². The van der Waals surface area contributed by atoms with E-state index in [1.165, 1.54) is 24.9 Å². The van der Waals surface area contributed by atoms with Gasteiger partial charge in [0.05, 0.1) is 5.69 Å². The summed E-state index contributed by atoms with van der Waals surface area (Å²) in [5, 5.41) is 3.49. The molecule has 0 amide bonds. The molecule has 108 valence electrons. The van der Waals surface area contributed by atoms with E-state index in [2.05, 4.69) is 53.1 Å². The Kier molecular flexibility index (Phi) is 4.03. The lowest BCUT2D eigenvalue weighted by atomic mass is 9.99. The van der Waals surface area contributed by atoms with Gasteiger partial charge in [-0.15, -0.1) is 0 Å². The standard InChI is InChI=1S/C16H24N4/c1-13-5-4-8-20-12-15(18-16(13)20)11-19(2)10-14-6-3-7-17-9-14/h4-5,8,12,14,17H,3,6-7,9-11H2,1-2H3. The largest absolute Gasteiger partial charge is 0.316 e. The molecule has 3 rings (SSSR count). The first-order chi connectivity index (χ1) is 9.72. The van der Waals surface area contributed by atoms with Crippen molar-refractivity contribution in [2.24, 2.45) is 5.92 Å². The van der Waals surface area contributed by atoms with Gasteiger partial charge in [-0.1, -0.05) is 6.07 Å². The molecule has 0 aliphatic carbocycles. The first-order valence-corrected chi connectivity index (χ1v) is 7.55. The van der Waals surface area contributed by atoms with Crippen LogP contribution in [0.3, 0.4) is 0 Å². The van der Waals surface area contributed by atoms with Gasteiger partial charge in [-0.2, -0.15) is 0 Å². The second-order valence-electron chi connectivity index (χ2n) is 6.06. The summed E-state index contributed by atoms with van der Waals surface area (Å²) in [6, 6.07) is 4.19. The summed E-state index contributed by atoms with van der Waals surface area (Å²) in [5.74, 6) is 0.785. The van der Waals surface area contributed by atoms with E-state index in [0.717, 1.165) is 36.9 Å². The van der Waals surface area contributed by atoms with Gasteiger partial charge in [0.1, 0.15) is 5.65 Å². The van der Waals surface area contributed by atoms with Gasteiger partial charge in [0.15, 0.2) is 0 Å². The van der Waals surface area contributed by atoms with Crippen LogP contribution in [-0.4, -0.2) is 41.0 Å². The van der Waals surface area contributed by atoms with Crippen LogP contribution in [0, 0.1) is 12.8 Å². The third-order valence-electron chi connectivity index (χ3n) is 4.13. The van der Waals surface area contributed by atoms with Crippen LogP contribution in [0.1, 0.15) is 24.1 Å². The van der Waals surface area contributed by atoms with Gasteiger partial charge in [-0.3, -0.25) is 0 Å². The minimum atomic E-state index is 0.785. The van der Waals surface area contributed by atoms with E-state index < -0.39 is 0 Å². The highest BCUT2D eigenvalue weighted by molar-refractivity contribution is 5.47. The Labute approximate surface area is 120 Å². The van der Waals surface area contributed by atoms with Gasteiger partial charge in [0.2, 0.25) is 0 Å². The second kappa shape index (κ2) is 5.94. The van der Waals surface area contributed by atoms with Gasteiger partial charge in [0, 0.05) is 25.5 Å². The van der Waals surface area contributed by atoms with Gasteiger partial charge in [-0.05, 0) is 57.5 Å². The number of hydrogen-bond donors (Lipinski definition) is 1.